The number of methoxy groups -OCH3 is 1. The molecule has 0 saturated heterocycles. The maximum absolute atomic E-state index is 12.4. The van der Waals surface area contributed by atoms with Crippen molar-refractivity contribution in [3.63, 3.8) is 0 Å². The fourth-order valence-electron chi connectivity index (χ4n) is 2.60. The minimum atomic E-state index is -0.359. The van der Waals surface area contributed by atoms with Gasteiger partial charge >= 0.3 is 5.97 Å². The molecule has 1 heterocycles. The summed E-state index contributed by atoms with van der Waals surface area (Å²) >= 11 is 0. The molecule has 1 aromatic heterocycles. The number of anilines is 3. The van der Waals surface area contributed by atoms with Gasteiger partial charge < -0.3 is 20.1 Å². The summed E-state index contributed by atoms with van der Waals surface area (Å²) < 4.78 is 10.2. The first kappa shape index (κ1) is 19.9. The van der Waals surface area contributed by atoms with Gasteiger partial charge in [-0.15, -0.1) is 0 Å². The molecule has 0 aliphatic rings. The van der Waals surface area contributed by atoms with Crippen LogP contribution < -0.4 is 15.4 Å². The minimum Gasteiger partial charge on any atom is -0.495 e. The maximum atomic E-state index is 12.4. The highest BCUT2D eigenvalue weighted by molar-refractivity contribution is 6.04. The Hall–Kier alpha value is -3.87. The van der Waals surface area contributed by atoms with Crippen LogP contribution in [0.15, 0.2) is 66.9 Å². The van der Waals surface area contributed by atoms with Gasteiger partial charge in [0.1, 0.15) is 11.6 Å². The highest BCUT2D eigenvalue weighted by Gasteiger charge is 2.10. The summed E-state index contributed by atoms with van der Waals surface area (Å²) in [5.41, 5.74) is 2.24. The fraction of sp³-hybridized carbons (Fsp3) is 0.136. The Kier molecular flexibility index (Phi) is 6.42. The molecule has 0 unspecified atom stereocenters. The quantitative estimate of drug-likeness (QED) is 0.585. The van der Waals surface area contributed by atoms with E-state index in [1.807, 2.05) is 12.1 Å². The van der Waals surface area contributed by atoms with Crippen molar-refractivity contribution in [2.75, 3.05) is 24.4 Å². The molecule has 3 aromatic rings. The molecule has 0 bridgehead atoms. The molecule has 7 nitrogen and oxygen atoms in total. The second kappa shape index (κ2) is 9.36. The molecule has 29 heavy (non-hydrogen) atoms. The number of pyridine rings is 1. The van der Waals surface area contributed by atoms with Crippen LogP contribution in [0, 0.1) is 0 Å². The van der Waals surface area contributed by atoms with Crippen molar-refractivity contribution in [3.05, 3.63) is 78.0 Å². The van der Waals surface area contributed by atoms with E-state index in [1.165, 1.54) is 6.20 Å². The first-order valence-electron chi connectivity index (χ1n) is 9.05. The zero-order valence-corrected chi connectivity index (χ0v) is 16.1. The van der Waals surface area contributed by atoms with Crippen LogP contribution in [-0.4, -0.2) is 30.6 Å². The number of esters is 1. The van der Waals surface area contributed by atoms with Crippen molar-refractivity contribution in [1.82, 2.24) is 4.98 Å². The van der Waals surface area contributed by atoms with Gasteiger partial charge in [0.15, 0.2) is 0 Å². The molecule has 2 aromatic carbocycles. The maximum Gasteiger partial charge on any atom is 0.338 e. The van der Waals surface area contributed by atoms with Crippen LogP contribution in [0.3, 0.4) is 0 Å². The number of hydrogen-bond donors (Lipinski definition) is 2. The van der Waals surface area contributed by atoms with Crippen LogP contribution >= 0.6 is 0 Å². The van der Waals surface area contributed by atoms with Crippen LogP contribution in [0.2, 0.25) is 0 Å². The number of carbonyl (C=O) groups is 2. The number of carbonyl (C=O) groups excluding carboxylic acids is 2. The van der Waals surface area contributed by atoms with Crippen molar-refractivity contribution in [3.8, 4) is 5.75 Å². The van der Waals surface area contributed by atoms with E-state index >= 15 is 0 Å². The number of nitrogens with zero attached hydrogens (tertiary/aromatic N) is 1. The van der Waals surface area contributed by atoms with E-state index in [1.54, 1.807) is 62.6 Å². The van der Waals surface area contributed by atoms with Crippen LogP contribution in [-0.2, 0) is 4.74 Å². The molecule has 1 amide bonds. The number of ether oxygens (including phenoxy) is 2. The second-order valence-corrected chi connectivity index (χ2v) is 6.01. The molecular formula is C22H21N3O4. The SMILES string of the molecule is CCOC(=O)c1ccc(Nc2ccc(C(=O)Nc3ccccc3OC)cn2)cc1. The summed E-state index contributed by atoms with van der Waals surface area (Å²) in [5.74, 6) is 0.510. The molecule has 0 aliphatic heterocycles. The average Bonchev–Trinajstić information content (AvgIpc) is 2.75. The van der Waals surface area contributed by atoms with E-state index in [9.17, 15) is 9.59 Å². The molecule has 3 rings (SSSR count). The van der Waals surface area contributed by atoms with E-state index in [2.05, 4.69) is 15.6 Å². The Morgan fingerprint density at radius 2 is 1.69 bits per heavy atom. The molecule has 0 atom stereocenters. The van der Waals surface area contributed by atoms with Gasteiger partial charge in [-0.25, -0.2) is 9.78 Å². The van der Waals surface area contributed by atoms with Crippen molar-refractivity contribution < 1.29 is 19.1 Å². The minimum absolute atomic E-state index is 0.285. The molecule has 2 N–H and O–H groups in total. The zero-order valence-electron chi connectivity index (χ0n) is 16.1. The van der Waals surface area contributed by atoms with Crippen molar-refractivity contribution in [2.24, 2.45) is 0 Å². The predicted octanol–water partition coefficient (Wildman–Crippen LogP) is 4.26. The molecule has 0 saturated carbocycles. The van der Waals surface area contributed by atoms with Crippen LogP contribution in [0.4, 0.5) is 17.2 Å². The summed E-state index contributed by atoms with van der Waals surface area (Å²) in [6.07, 6.45) is 1.49. The largest absolute Gasteiger partial charge is 0.495 e. The van der Waals surface area contributed by atoms with Crippen molar-refractivity contribution in [2.45, 2.75) is 6.92 Å². The highest BCUT2D eigenvalue weighted by atomic mass is 16.5. The van der Waals surface area contributed by atoms with E-state index in [0.29, 0.717) is 35.0 Å². The Balaban J connectivity index is 1.64. The van der Waals surface area contributed by atoms with Gasteiger partial charge in [-0.3, -0.25) is 4.79 Å². The lowest BCUT2D eigenvalue weighted by molar-refractivity contribution is 0.0526. The highest BCUT2D eigenvalue weighted by Crippen LogP contribution is 2.24. The lowest BCUT2D eigenvalue weighted by Gasteiger charge is -2.10. The molecule has 0 radical (unpaired) electrons. The number of benzene rings is 2. The fourth-order valence-corrected chi connectivity index (χ4v) is 2.60. The first-order chi connectivity index (χ1) is 14.1. The third-order valence-corrected chi connectivity index (χ3v) is 4.05. The lowest BCUT2D eigenvalue weighted by atomic mass is 10.2. The van der Waals surface area contributed by atoms with Gasteiger partial charge in [0.2, 0.25) is 0 Å². The average molecular weight is 391 g/mol. The number of amides is 1. The smallest absolute Gasteiger partial charge is 0.338 e. The van der Waals surface area contributed by atoms with Gasteiger partial charge in [-0.1, -0.05) is 12.1 Å². The number of hydrogen-bond acceptors (Lipinski definition) is 6. The summed E-state index contributed by atoms with van der Waals surface area (Å²) in [4.78, 5) is 28.4. The topological polar surface area (TPSA) is 89.5 Å². The number of para-hydroxylation sites is 2. The molecule has 7 heteroatoms. The Labute approximate surface area is 168 Å². The third-order valence-electron chi connectivity index (χ3n) is 4.05. The van der Waals surface area contributed by atoms with Crippen LogP contribution in [0.1, 0.15) is 27.6 Å². The second-order valence-electron chi connectivity index (χ2n) is 6.01. The third kappa shape index (κ3) is 5.10. The van der Waals surface area contributed by atoms with Gasteiger partial charge in [0, 0.05) is 11.9 Å². The molecular weight excluding hydrogens is 370 g/mol. The van der Waals surface area contributed by atoms with Gasteiger partial charge in [0.05, 0.1) is 30.5 Å². The van der Waals surface area contributed by atoms with Crippen LogP contribution in [0.5, 0.6) is 5.75 Å². The van der Waals surface area contributed by atoms with E-state index in [4.69, 9.17) is 9.47 Å². The van der Waals surface area contributed by atoms with E-state index in [-0.39, 0.29) is 11.9 Å². The summed E-state index contributed by atoms with van der Waals surface area (Å²) in [6.45, 7) is 2.10. The van der Waals surface area contributed by atoms with Crippen molar-refractivity contribution >= 4 is 29.1 Å². The van der Waals surface area contributed by atoms with Crippen molar-refractivity contribution in [1.29, 1.82) is 0 Å². The monoisotopic (exact) mass is 391 g/mol. The Morgan fingerprint density at radius 1 is 0.966 bits per heavy atom. The Bertz CT molecular complexity index is 986. The van der Waals surface area contributed by atoms with Gasteiger partial charge in [0.25, 0.3) is 5.91 Å². The first-order valence-corrected chi connectivity index (χ1v) is 9.05. The van der Waals surface area contributed by atoms with E-state index < -0.39 is 0 Å². The Morgan fingerprint density at radius 3 is 2.34 bits per heavy atom. The summed E-state index contributed by atoms with van der Waals surface area (Å²) in [7, 11) is 1.55. The summed E-state index contributed by atoms with van der Waals surface area (Å²) in [6, 6.07) is 17.4. The van der Waals surface area contributed by atoms with Gasteiger partial charge in [-0.05, 0) is 55.5 Å². The molecule has 0 fully saturated rings. The molecule has 0 aliphatic carbocycles. The normalized spacial score (nSPS) is 10.1. The number of rotatable bonds is 7. The van der Waals surface area contributed by atoms with Crippen LogP contribution in [0.25, 0.3) is 0 Å². The lowest BCUT2D eigenvalue weighted by Crippen LogP contribution is -2.13. The number of aromatic nitrogens is 1. The van der Waals surface area contributed by atoms with E-state index in [0.717, 1.165) is 5.69 Å². The molecule has 148 valence electrons. The standard InChI is InChI=1S/C22H21N3O4/c1-3-29-22(27)15-8-11-17(12-9-15)24-20-13-10-16(14-23-20)21(26)25-18-6-4-5-7-19(18)28-2/h4-14H,3H2,1-2H3,(H,23,24)(H,25,26). The summed E-state index contributed by atoms with van der Waals surface area (Å²) in [5, 5.41) is 5.93. The van der Waals surface area contributed by atoms with Gasteiger partial charge in [-0.2, -0.15) is 0 Å². The zero-order chi connectivity index (χ0) is 20.6. The molecule has 0 spiro atoms. The number of nitrogens with one attached hydrogen (secondary N) is 2. The predicted molar refractivity (Wildman–Crippen MR) is 111 cm³/mol.